The Morgan fingerprint density at radius 3 is 2.69 bits per heavy atom. The molecule has 1 aliphatic rings. The van der Waals surface area contributed by atoms with Crippen LogP contribution < -0.4 is 10.1 Å². The van der Waals surface area contributed by atoms with E-state index in [-0.39, 0.29) is 11.7 Å². The second-order valence-corrected chi connectivity index (χ2v) is 9.32. The molecule has 3 aromatic heterocycles. The number of furan rings is 1. The monoisotopic (exact) mass is 528 g/mol. The molecule has 1 N–H and O–H groups in total. The van der Waals surface area contributed by atoms with Gasteiger partial charge in [-0.1, -0.05) is 30.7 Å². The molecule has 174 valence electrons. The number of halogens is 1. The first kappa shape index (κ1) is 21.6. The van der Waals surface area contributed by atoms with Gasteiger partial charge in [-0.3, -0.25) is 9.20 Å². The number of ether oxygens (including phenoxy) is 1. The minimum atomic E-state index is -0.369. The second kappa shape index (κ2) is 9.03. The van der Waals surface area contributed by atoms with Crippen LogP contribution in [0.15, 0.2) is 88.3 Å². The smallest absolute Gasteiger partial charge is 0.292 e. The van der Waals surface area contributed by atoms with E-state index in [0.717, 1.165) is 11.3 Å². The van der Waals surface area contributed by atoms with Crippen LogP contribution in [0.5, 0.6) is 11.5 Å². The standard InChI is InChI=1S/C27H21BrN4O3/c28-23-16-32-24(15-29-23)30-25(26(32)31-27(33)22-11-4-12-34-22)19-8-3-10-21(14-19)35-20-9-2-7-18(13-20)17-5-1-6-17/h2-4,7-17H,1,5-6H2,(H,31,33). The van der Waals surface area contributed by atoms with Gasteiger partial charge in [0.1, 0.15) is 27.6 Å². The number of carbonyl (C=O) groups excluding carboxylic acids is 1. The van der Waals surface area contributed by atoms with Gasteiger partial charge in [0.15, 0.2) is 11.4 Å². The molecule has 7 nitrogen and oxygen atoms in total. The normalized spacial score (nSPS) is 13.5. The minimum absolute atomic E-state index is 0.211. The molecular weight excluding hydrogens is 508 g/mol. The SMILES string of the molecule is O=C(Nc1c(-c2cccc(Oc3cccc(C4CCC4)c3)c2)nc2cnc(Br)cn12)c1ccco1. The number of carbonyl (C=O) groups is 1. The van der Waals surface area contributed by atoms with Gasteiger partial charge in [-0.05, 0) is 76.7 Å². The largest absolute Gasteiger partial charge is 0.459 e. The van der Waals surface area contributed by atoms with Gasteiger partial charge in [-0.2, -0.15) is 0 Å². The Labute approximate surface area is 209 Å². The fraction of sp³-hybridized carbons (Fsp3) is 0.148. The van der Waals surface area contributed by atoms with Crippen molar-refractivity contribution in [2.24, 2.45) is 0 Å². The van der Waals surface area contributed by atoms with Crippen LogP contribution in [0.3, 0.4) is 0 Å². The molecule has 1 aliphatic carbocycles. The zero-order chi connectivity index (χ0) is 23.8. The fourth-order valence-corrected chi connectivity index (χ4v) is 4.55. The highest BCUT2D eigenvalue weighted by atomic mass is 79.9. The Hall–Kier alpha value is -3.91. The molecule has 1 amide bonds. The number of nitrogens with one attached hydrogen (secondary N) is 1. The summed E-state index contributed by atoms with van der Waals surface area (Å²) in [5.74, 6) is 2.48. The van der Waals surface area contributed by atoms with Gasteiger partial charge < -0.3 is 14.5 Å². The maximum Gasteiger partial charge on any atom is 0.292 e. The number of imidazole rings is 1. The van der Waals surface area contributed by atoms with Crippen molar-refractivity contribution < 1.29 is 13.9 Å². The summed E-state index contributed by atoms with van der Waals surface area (Å²) in [5.41, 5.74) is 3.31. The molecule has 1 fully saturated rings. The van der Waals surface area contributed by atoms with Gasteiger partial charge in [-0.25, -0.2) is 9.97 Å². The van der Waals surface area contributed by atoms with Crippen molar-refractivity contribution >= 4 is 33.3 Å². The van der Waals surface area contributed by atoms with E-state index in [4.69, 9.17) is 14.1 Å². The molecular formula is C27H21BrN4O3. The number of amides is 1. The summed E-state index contributed by atoms with van der Waals surface area (Å²) in [6.07, 6.45) is 8.64. The number of aromatic nitrogens is 3. The van der Waals surface area contributed by atoms with Crippen LogP contribution in [0.1, 0.15) is 41.3 Å². The summed E-state index contributed by atoms with van der Waals surface area (Å²) in [5, 5.41) is 2.94. The van der Waals surface area contributed by atoms with Crippen molar-refractivity contribution in [1.82, 2.24) is 14.4 Å². The second-order valence-electron chi connectivity index (χ2n) is 8.51. The number of hydrogen-bond acceptors (Lipinski definition) is 5. The first-order valence-corrected chi connectivity index (χ1v) is 12.2. The Kier molecular flexibility index (Phi) is 5.58. The Morgan fingerprint density at radius 1 is 1.09 bits per heavy atom. The van der Waals surface area contributed by atoms with Gasteiger partial charge in [-0.15, -0.1) is 0 Å². The molecule has 6 rings (SSSR count). The topological polar surface area (TPSA) is 81.7 Å². The van der Waals surface area contributed by atoms with Crippen LogP contribution in [0.25, 0.3) is 16.9 Å². The van der Waals surface area contributed by atoms with Crippen LogP contribution >= 0.6 is 15.9 Å². The molecule has 0 bridgehead atoms. The lowest BCUT2D eigenvalue weighted by Gasteiger charge is -2.26. The van der Waals surface area contributed by atoms with E-state index in [0.29, 0.717) is 33.4 Å². The maximum absolute atomic E-state index is 12.8. The molecule has 0 atom stereocenters. The number of benzene rings is 2. The van der Waals surface area contributed by atoms with Gasteiger partial charge in [0.2, 0.25) is 0 Å². The van der Waals surface area contributed by atoms with Crippen molar-refractivity contribution in [2.45, 2.75) is 25.2 Å². The summed E-state index contributed by atoms with van der Waals surface area (Å²) in [6.45, 7) is 0. The zero-order valence-electron chi connectivity index (χ0n) is 18.6. The molecule has 1 saturated carbocycles. The predicted octanol–water partition coefficient (Wildman–Crippen LogP) is 7.06. The molecule has 0 saturated heterocycles. The third kappa shape index (κ3) is 4.33. The van der Waals surface area contributed by atoms with Crippen LogP contribution in [0.4, 0.5) is 5.82 Å². The molecule has 0 aliphatic heterocycles. The van der Waals surface area contributed by atoms with Crippen molar-refractivity contribution in [3.8, 4) is 22.8 Å². The molecule has 5 aromatic rings. The molecule has 2 aromatic carbocycles. The van der Waals surface area contributed by atoms with Crippen LogP contribution in [-0.4, -0.2) is 20.3 Å². The highest BCUT2D eigenvalue weighted by Gasteiger charge is 2.21. The quantitative estimate of drug-likeness (QED) is 0.255. The van der Waals surface area contributed by atoms with E-state index in [1.54, 1.807) is 28.9 Å². The average Bonchev–Trinajstić information content (AvgIpc) is 3.47. The Bertz CT molecular complexity index is 1520. The van der Waals surface area contributed by atoms with E-state index in [1.165, 1.54) is 31.1 Å². The van der Waals surface area contributed by atoms with Gasteiger partial charge in [0.25, 0.3) is 5.91 Å². The molecule has 0 spiro atoms. The number of hydrogen-bond donors (Lipinski definition) is 1. The van der Waals surface area contributed by atoms with Gasteiger partial charge in [0.05, 0.1) is 12.5 Å². The molecule has 0 radical (unpaired) electrons. The van der Waals surface area contributed by atoms with Crippen LogP contribution in [0.2, 0.25) is 0 Å². The third-order valence-electron chi connectivity index (χ3n) is 6.23. The highest BCUT2D eigenvalue weighted by Crippen LogP contribution is 2.38. The lowest BCUT2D eigenvalue weighted by molar-refractivity contribution is 0.0996. The molecule has 8 heteroatoms. The Morgan fingerprint density at radius 2 is 1.91 bits per heavy atom. The first-order valence-electron chi connectivity index (χ1n) is 11.4. The summed E-state index contributed by atoms with van der Waals surface area (Å²) in [4.78, 5) is 21.8. The number of nitrogens with zero attached hydrogens (tertiary/aromatic N) is 3. The Balaban J connectivity index is 1.36. The lowest BCUT2D eigenvalue weighted by atomic mass is 9.80. The van der Waals surface area contributed by atoms with E-state index in [1.807, 2.05) is 36.4 Å². The van der Waals surface area contributed by atoms with Crippen molar-refractivity contribution in [1.29, 1.82) is 0 Å². The van der Waals surface area contributed by atoms with Crippen LogP contribution in [0, 0.1) is 0 Å². The fourth-order valence-electron chi connectivity index (χ4n) is 4.25. The lowest BCUT2D eigenvalue weighted by Crippen LogP contribution is -2.13. The summed E-state index contributed by atoms with van der Waals surface area (Å²) in [6, 6.07) is 19.3. The van der Waals surface area contributed by atoms with E-state index < -0.39 is 0 Å². The summed E-state index contributed by atoms with van der Waals surface area (Å²) >= 11 is 3.40. The first-order chi connectivity index (χ1) is 17.1. The average molecular weight is 529 g/mol. The van der Waals surface area contributed by atoms with Crippen molar-refractivity contribution in [3.05, 3.63) is 95.2 Å². The predicted molar refractivity (Wildman–Crippen MR) is 136 cm³/mol. The van der Waals surface area contributed by atoms with Gasteiger partial charge in [0, 0.05) is 11.8 Å². The maximum atomic E-state index is 12.8. The molecule has 0 unspecified atom stereocenters. The van der Waals surface area contributed by atoms with E-state index in [9.17, 15) is 4.79 Å². The van der Waals surface area contributed by atoms with E-state index >= 15 is 0 Å². The zero-order valence-corrected chi connectivity index (χ0v) is 20.2. The number of fused-ring (bicyclic) bond motifs is 1. The number of rotatable bonds is 6. The van der Waals surface area contributed by atoms with Crippen molar-refractivity contribution in [3.63, 3.8) is 0 Å². The molecule has 35 heavy (non-hydrogen) atoms. The summed E-state index contributed by atoms with van der Waals surface area (Å²) in [7, 11) is 0. The van der Waals surface area contributed by atoms with E-state index in [2.05, 4.69) is 38.4 Å². The summed E-state index contributed by atoms with van der Waals surface area (Å²) < 4.78 is 13.9. The number of anilines is 1. The molecule has 3 heterocycles. The highest BCUT2D eigenvalue weighted by molar-refractivity contribution is 9.10. The van der Waals surface area contributed by atoms with Crippen molar-refractivity contribution in [2.75, 3.05) is 5.32 Å². The third-order valence-corrected chi connectivity index (χ3v) is 6.64. The minimum Gasteiger partial charge on any atom is -0.459 e. The van der Waals surface area contributed by atoms with Crippen LogP contribution in [-0.2, 0) is 0 Å². The van der Waals surface area contributed by atoms with Gasteiger partial charge >= 0.3 is 0 Å².